The van der Waals surface area contributed by atoms with Crippen molar-refractivity contribution in [1.29, 1.82) is 0 Å². The van der Waals surface area contributed by atoms with Crippen molar-refractivity contribution >= 4 is 44.2 Å². The van der Waals surface area contributed by atoms with Crippen LogP contribution >= 0.6 is 0 Å². The number of carbonyl (C=O) groups excluding carboxylic acids is 1. The maximum atomic E-state index is 13.3. The summed E-state index contributed by atoms with van der Waals surface area (Å²) in [6, 6.07) is 13.5. The summed E-state index contributed by atoms with van der Waals surface area (Å²) in [5.74, 6) is 0.696. The number of piperazine rings is 1. The number of aryl methyl sites for hydroxylation is 1. The van der Waals surface area contributed by atoms with E-state index in [4.69, 9.17) is 0 Å². The van der Waals surface area contributed by atoms with Crippen LogP contribution in [0.5, 0.6) is 0 Å². The minimum absolute atomic E-state index is 0.0692. The van der Waals surface area contributed by atoms with Gasteiger partial charge in [0.2, 0.25) is 0 Å². The van der Waals surface area contributed by atoms with Crippen molar-refractivity contribution < 1.29 is 13.2 Å². The molecular weight excluding hydrogens is 647 g/mol. The number of nitrogens with zero attached hydrogens (tertiary/aromatic N) is 10. The highest BCUT2D eigenvalue weighted by molar-refractivity contribution is 7.89. The number of pyridine rings is 1. The fraction of sp³-hybridized carbons (Fsp3) is 0.281. The van der Waals surface area contributed by atoms with Gasteiger partial charge < -0.3 is 15.5 Å². The molecule has 49 heavy (non-hydrogen) atoms. The fourth-order valence-corrected chi connectivity index (χ4v) is 6.79. The van der Waals surface area contributed by atoms with Crippen LogP contribution in [0.4, 0.5) is 17.2 Å². The Kier molecular flexibility index (Phi) is 9.10. The van der Waals surface area contributed by atoms with Gasteiger partial charge in [0.15, 0.2) is 5.65 Å². The molecule has 1 aromatic carbocycles. The first-order chi connectivity index (χ1) is 23.8. The van der Waals surface area contributed by atoms with Crippen molar-refractivity contribution in [3.63, 3.8) is 0 Å². The number of nitrogens with one attached hydrogen (secondary N) is 3. The number of aromatic nitrogens is 9. The molecule has 16 nitrogen and oxygen atoms in total. The second kappa shape index (κ2) is 13.9. The number of likely N-dealkylation sites (N-methyl/N-ethyl adjacent to an activating group) is 1. The lowest BCUT2D eigenvalue weighted by Crippen LogP contribution is -2.43. The normalized spacial score (nSPS) is 14.3. The number of benzene rings is 1. The quantitative estimate of drug-likeness (QED) is 0.172. The summed E-state index contributed by atoms with van der Waals surface area (Å²) in [6.45, 7) is 5.10. The van der Waals surface area contributed by atoms with E-state index in [1.807, 2.05) is 53.2 Å². The molecule has 0 unspecified atom stereocenters. The minimum atomic E-state index is -3.56. The molecule has 0 atom stereocenters. The number of hydrogen-bond acceptors (Lipinski definition) is 12. The van der Waals surface area contributed by atoms with Gasteiger partial charge in [-0.3, -0.25) is 19.4 Å². The summed E-state index contributed by atoms with van der Waals surface area (Å²) in [5.41, 5.74) is 4.11. The van der Waals surface area contributed by atoms with E-state index in [-0.39, 0.29) is 17.4 Å². The lowest BCUT2D eigenvalue weighted by molar-refractivity contribution is 0.102. The smallest absolute Gasteiger partial charge is 0.275 e. The Labute approximate surface area is 282 Å². The molecule has 1 aliphatic rings. The Morgan fingerprint density at radius 3 is 2.61 bits per heavy atom. The Bertz CT molecular complexity index is 2150. The number of aromatic amines is 1. The zero-order valence-corrected chi connectivity index (χ0v) is 27.6. The van der Waals surface area contributed by atoms with Crippen molar-refractivity contribution in [2.24, 2.45) is 0 Å². The van der Waals surface area contributed by atoms with E-state index in [0.717, 1.165) is 42.4 Å². The molecule has 7 rings (SSSR count). The summed E-state index contributed by atoms with van der Waals surface area (Å²) in [4.78, 5) is 35.2. The molecule has 6 heterocycles. The van der Waals surface area contributed by atoms with E-state index in [2.05, 4.69) is 62.7 Å². The number of carbonyl (C=O) groups is 1. The molecule has 0 aliphatic carbocycles. The van der Waals surface area contributed by atoms with Crippen LogP contribution in [0.1, 0.15) is 28.0 Å². The van der Waals surface area contributed by atoms with Crippen LogP contribution in [0.25, 0.3) is 16.9 Å². The van der Waals surface area contributed by atoms with Gasteiger partial charge in [-0.1, -0.05) is 12.1 Å². The third-order valence-corrected chi connectivity index (χ3v) is 9.98. The molecule has 17 heteroatoms. The summed E-state index contributed by atoms with van der Waals surface area (Å²) in [5, 5.41) is 17.5. The first-order valence-corrected chi connectivity index (χ1v) is 17.4. The largest absolute Gasteiger partial charge is 0.336 e. The number of rotatable bonds is 12. The Morgan fingerprint density at radius 2 is 1.82 bits per heavy atom. The Balaban J connectivity index is 1.01. The average molecular weight is 682 g/mol. The molecule has 1 fully saturated rings. The average Bonchev–Trinajstić information content (AvgIpc) is 3.89. The van der Waals surface area contributed by atoms with Crippen molar-refractivity contribution in [2.75, 3.05) is 49.6 Å². The molecule has 1 saturated heterocycles. The van der Waals surface area contributed by atoms with E-state index >= 15 is 0 Å². The van der Waals surface area contributed by atoms with E-state index in [1.54, 1.807) is 6.20 Å². The van der Waals surface area contributed by atoms with Crippen LogP contribution in [-0.2, 0) is 23.0 Å². The lowest BCUT2D eigenvalue weighted by Gasteiger charge is -2.32. The van der Waals surface area contributed by atoms with E-state index < -0.39 is 10.0 Å². The fourth-order valence-electron chi connectivity index (χ4n) is 5.71. The van der Waals surface area contributed by atoms with Gasteiger partial charge >= 0.3 is 0 Å². The highest BCUT2D eigenvalue weighted by Gasteiger charge is 2.19. The third kappa shape index (κ3) is 7.33. The molecule has 5 aromatic heterocycles. The molecule has 3 N–H and O–H groups in total. The van der Waals surface area contributed by atoms with Gasteiger partial charge in [-0.2, -0.15) is 5.10 Å². The van der Waals surface area contributed by atoms with Crippen molar-refractivity contribution in [1.82, 2.24) is 53.7 Å². The molecule has 0 radical (unpaired) electrons. The van der Waals surface area contributed by atoms with Gasteiger partial charge in [-0.05, 0) is 61.3 Å². The minimum Gasteiger partial charge on any atom is -0.336 e. The number of anilines is 3. The van der Waals surface area contributed by atoms with Crippen molar-refractivity contribution in [3.05, 3.63) is 96.9 Å². The highest BCUT2D eigenvalue weighted by Crippen LogP contribution is 2.27. The molecule has 6 aromatic rings. The first kappa shape index (κ1) is 32.0. The summed E-state index contributed by atoms with van der Waals surface area (Å²) in [7, 11) is -1.42. The van der Waals surface area contributed by atoms with Crippen LogP contribution < -0.4 is 10.6 Å². The van der Waals surface area contributed by atoms with Crippen LogP contribution in [0.3, 0.4) is 0 Å². The molecule has 0 bridgehead atoms. The van der Waals surface area contributed by atoms with Gasteiger partial charge in [0, 0.05) is 50.8 Å². The second-order valence-corrected chi connectivity index (χ2v) is 13.8. The van der Waals surface area contributed by atoms with E-state index in [9.17, 15) is 13.2 Å². The number of H-pyrrole nitrogens is 1. The summed E-state index contributed by atoms with van der Waals surface area (Å²) < 4.78 is 27.6. The van der Waals surface area contributed by atoms with Crippen LogP contribution in [0.15, 0.2) is 80.0 Å². The molecule has 0 saturated carbocycles. The van der Waals surface area contributed by atoms with E-state index in [1.165, 1.54) is 30.7 Å². The molecule has 1 amide bonds. The van der Waals surface area contributed by atoms with Crippen LogP contribution in [0, 0.1) is 0 Å². The first-order valence-electron chi connectivity index (χ1n) is 15.8. The van der Waals surface area contributed by atoms with Gasteiger partial charge in [-0.15, -0.1) is 9.19 Å². The van der Waals surface area contributed by atoms with Crippen LogP contribution in [0.2, 0.25) is 0 Å². The highest BCUT2D eigenvalue weighted by atomic mass is 32.2. The maximum absolute atomic E-state index is 13.3. The number of amides is 1. The Morgan fingerprint density at radius 1 is 0.980 bits per heavy atom. The monoisotopic (exact) mass is 681 g/mol. The maximum Gasteiger partial charge on any atom is 0.275 e. The second-order valence-electron chi connectivity index (χ2n) is 11.9. The summed E-state index contributed by atoms with van der Waals surface area (Å²) in [6.07, 6.45) is 9.78. The molecule has 1 aliphatic heterocycles. The number of hydrogen-bond donors (Lipinski definition) is 3. The molecule has 0 spiro atoms. The zero-order valence-electron chi connectivity index (χ0n) is 26.8. The SMILES string of the molecule is CN1CCN(Cc2ccc(NC(=O)c3[nH]ncc3Nc3ncnc4c3ccn4-c3cc(CCCS(=O)(=O)n4cncn4)ccn3)cc2)CC1. The Hall–Kier alpha value is -5.52. The zero-order chi connectivity index (χ0) is 33.8. The molecule has 252 valence electrons. The lowest BCUT2D eigenvalue weighted by atomic mass is 10.1. The van der Waals surface area contributed by atoms with Crippen LogP contribution in [-0.4, -0.2) is 107 Å². The van der Waals surface area contributed by atoms with Gasteiger partial charge in [0.25, 0.3) is 15.9 Å². The van der Waals surface area contributed by atoms with Crippen molar-refractivity contribution in [3.8, 4) is 5.82 Å². The topological polar surface area (TPSA) is 185 Å². The van der Waals surface area contributed by atoms with E-state index in [0.29, 0.717) is 46.9 Å². The number of fused-ring (bicyclic) bond motifs is 1. The van der Waals surface area contributed by atoms with Gasteiger partial charge in [0.1, 0.15) is 36.3 Å². The van der Waals surface area contributed by atoms with Gasteiger partial charge in [-0.25, -0.2) is 28.4 Å². The standard InChI is InChI=1S/C32H35N13O3S/c1-42-12-14-43(15-13-42)19-24-4-6-25(7-5-24)39-32(46)29-27(18-37-41-29)40-30-26-9-11-44(31(26)36-21-35-30)28-17-23(8-10-34-28)3-2-16-49(47,48)45-22-33-20-38-45/h4-11,17-18,20-22H,2-3,12-16,19H2,1H3,(H,37,41)(H,39,46)(H,35,36,40). The predicted octanol–water partition coefficient (Wildman–Crippen LogP) is 2.68. The van der Waals surface area contributed by atoms with Crippen molar-refractivity contribution in [2.45, 2.75) is 19.4 Å². The third-order valence-electron chi connectivity index (χ3n) is 8.42. The summed E-state index contributed by atoms with van der Waals surface area (Å²) >= 11 is 0. The predicted molar refractivity (Wildman–Crippen MR) is 183 cm³/mol. The van der Waals surface area contributed by atoms with Gasteiger partial charge in [0.05, 0.1) is 23.0 Å². The molecular formula is C32H35N13O3S.